The highest BCUT2D eigenvalue weighted by Crippen LogP contribution is 1.96. The van der Waals surface area contributed by atoms with Crippen LogP contribution in [0.15, 0.2) is 11.6 Å². The Morgan fingerprint density at radius 3 is 2.44 bits per heavy atom. The lowest BCUT2D eigenvalue weighted by molar-refractivity contribution is -0.132. The van der Waals surface area contributed by atoms with Crippen molar-refractivity contribution >= 4 is 5.97 Å². The van der Waals surface area contributed by atoms with Crippen LogP contribution in [0.25, 0.3) is 0 Å². The third kappa shape index (κ3) is 7.43. The van der Waals surface area contributed by atoms with E-state index in [9.17, 15) is 4.79 Å². The van der Waals surface area contributed by atoms with E-state index in [1.165, 1.54) is 0 Å². The van der Waals surface area contributed by atoms with Crippen LogP contribution < -0.4 is 0 Å². The maximum absolute atomic E-state index is 10.5. The van der Waals surface area contributed by atoms with Gasteiger partial charge in [0, 0.05) is 12.1 Å². The van der Waals surface area contributed by atoms with E-state index < -0.39 is 5.97 Å². The quantitative estimate of drug-likeness (QED) is 0.483. The lowest BCUT2D eigenvalue weighted by Gasteiger charge is -2.17. The lowest BCUT2D eigenvalue weighted by atomic mass is 10.2. The number of ether oxygens (including phenoxy) is 1. The topological polar surface area (TPSA) is 49.8 Å². The average Bonchev–Trinajstić information content (AvgIpc) is 2.27. The molecule has 0 amide bonds. The number of hydrogen-bond donors (Lipinski definition) is 1. The maximum Gasteiger partial charge on any atom is 0.330 e. The molecule has 0 aliphatic rings. The summed E-state index contributed by atoms with van der Waals surface area (Å²) in [6.45, 7) is 10.2. The zero-order chi connectivity index (χ0) is 12.4. The molecule has 0 atom stereocenters. The molecule has 0 rings (SSSR count). The number of nitrogens with zero attached hydrogens (tertiary/aromatic N) is 1. The second-order valence-electron chi connectivity index (χ2n) is 3.62. The zero-order valence-corrected chi connectivity index (χ0v) is 10.5. The van der Waals surface area contributed by atoms with Crippen LogP contribution in [-0.4, -0.2) is 48.8 Å². The Bertz CT molecular complexity index is 222. The summed E-state index contributed by atoms with van der Waals surface area (Å²) in [5, 5.41) is 8.61. The molecule has 0 aliphatic heterocycles. The van der Waals surface area contributed by atoms with Gasteiger partial charge in [0.25, 0.3) is 0 Å². The van der Waals surface area contributed by atoms with E-state index in [1.54, 1.807) is 13.0 Å². The molecule has 4 heteroatoms. The van der Waals surface area contributed by atoms with Gasteiger partial charge < -0.3 is 14.7 Å². The van der Waals surface area contributed by atoms with E-state index in [4.69, 9.17) is 9.84 Å². The van der Waals surface area contributed by atoms with Crippen LogP contribution >= 0.6 is 0 Å². The molecular weight excluding hydrogens is 206 g/mol. The minimum atomic E-state index is -0.858. The molecule has 0 heterocycles. The Morgan fingerprint density at radius 2 is 1.94 bits per heavy atom. The Morgan fingerprint density at radius 1 is 1.31 bits per heavy atom. The van der Waals surface area contributed by atoms with Crippen molar-refractivity contribution in [3.05, 3.63) is 11.6 Å². The van der Waals surface area contributed by atoms with E-state index in [1.807, 2.05) is 0 Å². The van der Waals surface area contributed by atoms with Crippen LogP contribution in [0.2, 0.25) is 0 Å². The predicted octanol–water partition coefficient (Wildman–Crippen LogP) is 1.77. The standard InChI is InChI=1S/C12H23NO3/c1-4-13(5-2)8-10-16-9-6-7-11(3)12(14)15/h7H,4-6,8-10H2,1-3H3,(H,14,15). The van der Waals surface area contributed by atoms with E-state index >= 15 is 0 Å². The van der Waals surface area contributed by atoms with Crippen LogP contribution in [0.4, 0.5) is 0 Å². The van der Waals surface area contributed by atoms with Gasteiger partial charge in [-0.3, -0.25) is 0 Å². The third-order valence-electron chi connectivity index (χ3n) is 2.50. The molecule has 0 saturated heterocycles. The fourth-order valence-corrected chi connectivity index (χ4v) is 1.28. The molecule has 1 N–H and O–H groups in total. The highest BCUT2D eigenvalue weighted by atomic mass is 16.5. The Kier molecular flexibility index (Phi) is 8.85. The van der Waals surface area contributed by atoms with Gasteiger partial charge in [-0.25, -0.2) is 4.79 Å². The van der Waals surface area contributed by atoms with Crippen molar-refractivity contribution in [1.29, 1.82) is 0 Å². The van der Waals surface area contributed by atoms with E-state index in [0.717, 1.165) is 19.6 Å². The fraction of sp³-hybridized carbons (Fsp3) is 0.750. The van der Waals surface area contributed by atoms with Gasteiger partial charge in [-0.15, -0.1) is 0 Å². The van der Waals surface area contributed by atoms with Crippen molar-refractivity contribution in [2.24, 2.45) is 0 Å². The molecule has 0 aromatic heterocycles. The summed E-state index contributed by atoms with van der Waals surface area (Å²) in [6.07, 6.45) is 2.36. The zero-order valence-electron chi connectivity index (χ0n) is 10.5. The smallest absolute Gasteiger partial charge is 0.330 e. The first-order valence-corrected chi connectivity index (χ1v) is 5.81. The van der Waals surface area contributed by atoms with Crippen molar-refractivity contribution in [1.82, 2.24) is 4.90 Å². The average molecular weight is 229 g/mol. The first kappa shape index (κ1) is 15.1. The van der Waals surface area contributed by atoms with Gasteiger partial charge in [-0.2, -0.15) is 0 Å². The van der Waals surface area contributed by atoms with Crippen molar-refractivity contribution in [2.45, 2.75) is 27.2 Å². The van der Waals surface area contributed by atoms with Crippen LogP contribution in [-0.2, 0) is 9.53 Å². The summed E-state index contributed by atoms with van der Waals surface area (Å²) in [6, 6.07) is 0. The molecule has 0 aromatic rings. The second kappa shape index (κ2) is 9.36. The van der Waals surface area contributed by atoms with Gasteiger partial charge in [-0.05, 0) is 26.4 Å². The molecule has 4 nitrogen and oxygen atoms in total. The number of hydrogen-bond acceptors (Lipinski definition) is 3. The molecule has 0 fully saturated rings. The lowest BCUT2D eigenvalue weighted by Crippen LogP contribution is -2.27. The van der Waals surface area contributed by atoms with Gasteiger partial charge in [0.1, 0.15) is 0 Å². The van der Waals surface area contributed by atoms with Crippen LogP contribution in [0.1, 0.15) is 27.2 Å². The summed E-state index contributed by atoms with van der Waals surface area (Å²) in [4.78, 5) is 12.8. The molecule has 0 bridgehead atoms. The first-order valence-electron chi connectivity index (χ1n) is 5.81. The summed E-state index contributed by atoms with van der Waals surface area (Å²) in [5.41, 5.74) is 0.382. The van der Waals surface area contributed by atoms with Gasteiger partial charge in [0.2, 0.25) is 0 Å². The molecule has 0 spiro atoms. The molecule has 0 unspecified atom stereocenters. The molecule has 0 aliphatic carbocycles. The highest BCUT2D eigenvalue weighted by Gasteiger charge is 1.99. The number of carboxylic acids is 1. The summed E-state index contributed by atoms with van der Waals surface area (Å²) in [7, 11) is 0. The fourth-order valence-electron chi connectivity index (χ4n) is 1.28. The molecule has 0 radical (unpaired) electrons. The Hall–Kier alpha value is -0.870. The Balaban J connectivity index is 3.47. The molecule has 16 heavy (non-hydrogen) atoms. The van der Waals surface area contributed by atoms with Crippen molar-refractivity contribution in [3.63, 3.8) is 0 Å². The second-order valence-corrected chi connectivity index (χ2v) is 3.62. The number of likely N-dealkylation sites (N-methyl/N-ethyl adjacent to an activating group) is 1. The minimum Gasteiger partial charge on any atom is -0.478 e. The molecule has 94 valence electrons. The summed E-state index contributed by atoms with van der Waals surface area (Å²) >= 11 is 0. The van der Waals surface area contributed by atoms with Crippen molar-refractivity contribution in [3.8, 4) is 0 Å². The van der Waals surface area contributed by atoms with E-state index in [0.29, 0.717) is 25.2 Å². The van der Waals surface area contributed by atoms with Crippen molar-refractivity contribution in [2.75, 3.05) is 32.8 Å². The Labute approximate surface area is 97.9 Å². The third-order valence-corrected chi connectivity index (χ3v) is 2.50. The molecule has 0 saturated carbocycles. The minimum absolute atomic E-state index is 0.382. The number of rotatable bonds is 9. The largest absolute Gasteiger partial charge is 0.478 e. The number of carboxylic acid groups (broad SMARTS) is 1. The van der Waals surface area contributed by atoms with Gasteiger partial charge in [0.15, 0.2) is 0 Å². The van der Waals surface area contributed by atoms with E-state index in [-0.39, 0.29) is 0 Å². The van der Waals surface area contributed by atoms with Crippen LogP contribution in [0.3, 0.4) is 0 Å². The van der Waals surface area contributed by atoms with Crippen LogP contribution in [0, 0.1) is 0 Å². The summed E-state index contributed by atoms with van der Waals surface area (Å²) < 4.78 is 5.42. The summed E-state index contributed by atoms with van der Waals surface area (Å²) in [5.74, 6) is -0.858. The number of carbonyl (C=O) groups is 1. The highest BCUT2D eigenvalue weighted by molar-refractivity contribution is 5.85. The normalized spacial score (nSPS) is 12.1. The van der Waals surface area contributed by atoms with E-state index in [2.05, 4.69) is 18.7 Å². The van der Waals surface area contributed by atoms with Gasteiger partial charge in [0.05, 0.1) is 13.2 Å². The molecule has 0 aromatic carbocycles. The first-order chi connectivity index (χ1) is 7.61. The molecular formula is C12H23NO3. The monoisotopic (exact) mass is 229 g/mol. The van der Waals surface area contributed by atoms with Gasteiger partial charge in [-0.1, -0.05) is 19.9 Å². The number of aliphatic carboxylic acids is 1. The van der Waals surface area contributed by atoms with Crippen molar-refractivity contribution < 1.29 is 14.6 Å². The van der Waals surface area contributed by atoms with Gasteiger partial charge >= 0.3 is 5.97 Å². The SMILES string of the molecule is CCN(CC)CCOCCC=C(C)C(=O)O. The predicted molar refractivity (Wildman–Crippen MR) is 64.6 cm³/mol. The maximum atomic E-state index is 10.5. The van der Waals surface area contributed by atoms with Crippen LogP contribution in [0.5, 0.6) is 0 Å².